The summed E-state index contributed by atoms with van der Waals surface area (Å²) < 4.78 is 0. The minimum Gasteiger partial charge on any atom is -0.394 e. The first-order chi connectivity index (χ1) is 13.2. The molecule has 0 spiro atoms. The van der Waals surface area contributed by atoms with Crippen molar-refractivity contribution in [2.45, 2.75) is 6.04 Å². The molecule has 1 aromatic carbocycles. The Morgan fingerprint density at radius 3 is 2.41 bits per heavy atom. The molecule has 3 rings (SSSR count). The van der Waals surface area contributed by atoms with Crippen molar-refractivity contribution in [3.05, 3.63) is 59.9 Å². The second-order valence-electron chi connectivity index (χ2n) is 6.26. The molecule has 1 amide bonds. The van der Waals surface area contributed by atoms with Gasteiger partial charge in [-0.2, -0.15) is 0 Å². The zero-order valence-electron chi connectivity index (χ0n) is 14.9. The lowest BCUT2D eigenvalue weighted by Gasteiger charge is -2.37. The van der Waals surface area contributed by atoms with Gasteiger partial charge < -0.3 is 10.0 Å². The second-order valence-corrected chi connectivity index (χ2v) is 6.26. The molecule has 1 aliphatic rings. The number of amides is 1. The molecule has 1 atom stereocenters. The summed E-state index contributed by atoms with van der Waals surface area (Å²) >= 11 is 0. The van der Waals surface area contributed by atoms with E-state index in [1.807, 2.05) is 47.4 Å². The third kappa shape index (κ3) is 4.88. The molecule has 8 heteroatoms. The van der Waals surface area contributed by atoms with Gasteiger partial charge in [-0.25, -0.2) is 15.4 Å². The number of aliphatic hydroxyl groups is 1. The molecule has 27 heavy (non-hydrogen) atoms. The number of hydrogen-bond donors (Lipinski definition) is 3. The fraction of sp³-hybridized carbons (Fsp3) is 0.316. The summed E-state index contributed by atoms with van der Waals surface area (Å²) in [5, 5.41) is 18.4. The zero-order chi connectivity index (χ0) is 19.1. The summed E-state index contributed by atoms with van der Waals surface area (Å²) in [6.07, 6.45) is 6.84. The molecule has 8 nitrogen and oxygen atoms in total. The number of carbonyl (C=O) groups is 1. The van der Waals surface area contributed by atoms with Crippen molar-refractivity contribution in [2.24, 2.45) is 0 Å². The lowest BCUT2D eigenvalue weighted by Crippen LogP contribution is -2.51. The molecule has 2 heterocycles. The minimum atomic E-state index is -0.637. The number of anilines is 1. The number of aromatic nitrogens is 2. The van der Waals surface area contributed by atoms with E-state index in [1.165, 1.54) is 12.4 Å². The highest BCUT2D eigenvalue weighted by Crippen LogP contribution is 2.14. The van der Waals surface area contributed by atoms with Crippen LogP contribution in [0.3, 0.4) is 0 Å². The summed E-state index contributed by atoms with van der Waals surface area (Å²) in [5.41, 5.74) is 2.87. The van der Waals surface area contributed by atoms with Crippen LogP contribution in [-0.2, 0) is 0 Å². The number of piperazine rings is 1. The molecule has 0 radical (unpaired) electrons. The smallest absolute Gasteiger partial charge is 0.277 e. The van der Waals surface area contributed by atoms with E-state index in [9.17, 15) is 9.90 Å². The maximum Gasteiger partial charge on any atom is 0.277 e. The van der Waals surface area contributed by atoms with Crippen LogP contribution < -0.4 is 10.4 Å². The molecular formula is C19H23N5O3. The number of aliphatic hydroxyl groups excluding tert-OH is 1. The van der Waals surface area contributed by atoms with Crippen molar-refractivity contribution in [2.75, 3.05) is 37.7 Å². The summed E-state index contributed by atoms with van der Waals surface area (Å²) in [6, 6.07) is 9.97. The van der Waals surface area contributed by atoms with E-state index in [0.717, 1.165) is 31.7 Å². The van der Waals surface area contributed by atoms with Crippen molar-refractivity contribution in [3.63, 3.8) is 0 Å². The van der Waals surface area contributed by atoms with Gasteiger partial charge in [-0.1, -0.05) is 42.5 Å². The van der Waals surface area contributed by atoms with Gasteiger partial charge in [0.15, 0.2) is 0 Å². The molecule has 3 N–H and O–H groups in total. The molecule has 0 saturated carbocycles. The quantitative estimate of drug-likeness (QED) is 0.511. The number of benzene rings is 1. The van der Waals surface area contributed by atoms with Gasteiger partial charge in [0.05, 0.1) is 18.2 Å². The third-order valence-electron chi connectivity index (χ3n) is 4.57. The Labute approximate surface area is 157 Å². The van der Waals surface area contributed by atoms with Gasteiger partial charge in [0.2, 0.25) is 5.95 Å². The highest BCUT2D eigenvalue weighted by molar-refractivity contribution is 5.92. The molecule has 2 aromatic rings. The molecule has 1 aliphatic heterocycles. The van der Waals surface area contributed by atoms with Crippen molar-refractivity contribution in [3.8, 4) is 0 Å². The Hall–Kier alpha value is -2.81. The van der Waals surface area contributed by atoms with Gasteiger partial charge in [0.25, 0.3) is 5.91 Å². The Morgan fingerprint density at radius 1 is 1.15 bits per heavy atom. The first-order valence-electron chi connectivity index (χ1n) is 8.81. The van der Waals surface area contributed by atoms with Gasteiger partial charge in [-0.15, -0.1) is 0 Å². The molecule has 1 aromatic heterocycles. The number of rotatable bonds is 6. The van der Waals surface area contributed by atoms with Crippen LogP contribution in [0.15, 0.2) is 48.8 Å². The fourth-order valence-electron chi connectivity index (χ4n) is 3.00. The van der Waals surface area contributed by atoms with Gasteiger partial charge in [0.1, 0.15) is 0 Å². The van der Waals surface area contributed by atoms with Gasteiger partial charge >= 0.3 is 0 Å². The molecule has 0 aliphatic carbocycles. The van der Waals surface area contributed by atoms with Crippen LogP contribution in [0, 0.1) is 0 Å². The topological polar surface area (TPSA) is 102 Å². The predicted molar refractivity (Wildman–Crippen MR) is 101 cm³/mol. The normalized spacial score (nSPS) is 16.4. The van der Waals surface area contributed by atoms with Gasteiger partial charge in [-0.05, 0) is 5.56 Å². The average molecular weight is 369 g/mol. The monoisotopic (exact) mass is 369 g/mol. The van der Waals surface area contributed by atoms with Crippen molar-refractivity contribution >= 4 is 17.9 Å². The SMILES string of the molecule is O=C(NO)c1cnc(N2CCN([C@@H](/C=C/c3ccccc3)CO)CC2)nc1. The van der Waals surface area contributed by atoms with Crippen molar-refractivity contribution < 1.29 is 15.1 Å². The van der Waals surface area contributed by atoms with Crippen molar-refractivity contribution in [1.29, 1.82) is 0 Å². The fourth-order valence-corrected chi connectivity index (χ4v) is 3.00. The van der Waals surface area contributed by atoms with Crippen LogP contribution in [-0.4, -0.2) is 69.9 Å². The van der Waals surface area contributed by atoms with E-state index in [0.29, 0.717) is 5.95 Å². The standard InChI is InChI=1S/C19H23N5O3/c25-14-17(7-6-15-4-2-1-3-5-15)23-8-10-24(11-9-23)19-20-12-16(13-21-19)18(26)22-27/h1-7,12-13,17,25,27H,8-11,14H2,(H,22,26)/b7-6+/t17-/m0/s1. The van der Waals surface area contributed by atoms with Gasteiger partial charge in [0, 0.05) is 38.6 Å². The van der Waals surface area contributed by atoms with Crippen LogP contribution in [0.25, 0.3) is 6.08 Å². The Morgan fingerprint density at radius 2 is 1.81 bits per heavy atom. The Balaban J connectivity index is 1.57. The second kappa shape index (κ2) is 9.22. The minimum absolute atomic E-state index is 0.0381. The first-order valence-corrected chi connectivity index (χ1v) is 8.81. The Bertz CT molecular complexity index is 759. The van der Waals surface area contributed by atoms with Crippen molar-refractivity contribution in [1.82, 2.24) is 20.3 Å². The molecule has 142 valence electrons. The lowest BCUT2D eigenvalue weighted by molar-refractivity contribution is 0.0705. The predicted octanol–water partition coefficient (Wildman–Crippen LogP) is 0.792. The summed E-state index contributed by atoms with van der Waals surface area (Å²) in [6.45, 7) is 3.05. The molecule has 1 saturated heterocycles. The third-order valence-corrected chi connectivity index (χ3v) is 4.57. The summed E-state index contributed by atoms with van der Waals surface area (Å²) in [7, 11) is 0. The van der Waals surface area contributed by atoms with E-state index in [2.05, 4.69) is 14.9 Å². The van der Waals surface area contributed by atoms with Gasteiger partial charge in [-0.3, -0.25) is 14.9 Å². The number of carbonyl (C=O) groups excluding carboxylic acids is 1. The maximum absolute atomic E-state index is 11.3. The molecule has 0 bridgehead atoms. The molecule has 0 unspecified atom stereocenters. The van der Waals surface area contributed by atoms with E-state index in [4.69, 9.17) is 5.21 Å². The highest BCUT2D eigenvalue weighted by atomic mass is 16.5. The number of nitrogens with zero attached hydrogens (tertiary/aromatic N) is 4. The van der Waals surface area contributed by atoms with E-state index >= 15 is 0 Å². The van der Waals surface area contributed by atoms with Crippen LogP contribution >= 0.6 is 0 Å². The van der Waals surface area contributed by atoms with Crippen LogP contribution in [0.2, 0.25) is 0 Å². The summed E-state index contributed by atoms with van der Waals surface area (Å²) in [4.78, 5) is 24.0. The average Bonchev–Trinajstić information content (AvgIpc) is 2.75. The summed E-state index contributed by atoms with van der Waals surface area (Å²) in [5.74, 6) is -0.0909. The number of nitrogens with one attached hydrogen (secondary N) is 1. The maximum atomic E-state index is 11.3. The molecular weight excluding hydrogens is 346 g/mol. The first kappa shape index (κ1) is 19.0. The van der Waals surface area contributed by atoms with Crippen LogP contribution in [0.5, 0.6) is 0 Å². The Kier molecular flexibility index (Phi) is 6.48. The molecule has 1 fully saturated rings. The van der Waals surface area contributed by atoms with E-state index < -0.39 is 5.91 Å². The number of hydrogen-bond acceptors (Lipinski definition) is 7. The lowest BCUT2D eigenvalue weighted by atomic mass is 10.1. The van der Waals surface area contributed by atoms with E-state index in [-0.39, 0.29) is 18.2 Å². The largest absolute Gasteiger partial charge is 0.394 e. The van der Waals surface area contributed by atoms with E-state index in [1.54, 1.807) is 5.48 Å². The number of hydroxylamine groups is 1. The van der Waals surface area contributed by atoms with Crippen LogP contribution in [0.1, 0.15) is 15.9 Å². The highest BCUT2D eigenvalue weighted by Gasteiger charge is 2.23. The zero-order valence-corrected chi connectivity index (χ0v) is 14.9. The van der Waals surface area contributed by atoms with Crippen LogP contribution in [0.4, 0.5) is 5.95 Å².